The molecule has 2 amide bonds. The van der Waals surface area contributed by atoms with Crippen LogP contribution in [0.5, 0.6) is 0 Å². The number of urea groups is 1. The lowest BCUT2D eigenvalue weighted by molar-refractivity contribution is -0.137. The van der Waals surface area contributed by atoms with Crippen LogP contribution in [0.2, 0.25) is 0 Å². The second-order valence-electron chi connectivity index (χ2n) is 5.76. The van der Waals surface area contributed by atoms with Crippen molar-refractivity contribution in [3.63, 3.8) is 0 Å². The number of hydrogen-bond donors (Lipinski definition) is 1. The number of nitrogens with zero attached hydrogens (tertiary/aromatic N) is 2. The van der Waals surface area contributed by atoms with Gasteiger partial charge in [-0.1, -0.05) is 6.07 Å². The molecule has 8 heteroatoms. The Balaban J connectivity index is 1.73. The number of halogens is 3. The van der Waals surface area contributed by atoms with Crippen molar-refractivity contribution in [2.45, 2.75) is 19.3 Å². The van der Waals surface area contributed by atoms with E-state index in [4.69, 9.17) is 4.42 Å². The maximum atomic E-state index is 12.7. The molecule has 2 heterocycles. The minimum atomic E-state index is -4.42. The Labute approximate surface area is 153 Å². The molecule has 0 bridgehead atoms. The van der Waals surface area contributed by atoms with Gasteiger partial charge in [-0.15, -0.1) is 0 Å². The number of anilines is 1. The Morgan fingerprint density at radius 3 is 2.41 bits per heavy atom. The minimum Gasteiger partial charge on any atom is -0.467 e. The van der Waals surface area contributed by atoms with Crippen molar-refractivity contribution in [1.82, 2.24) is 9.88 Å². The SMILES string of the molecule is O=C(Nc1ccc(C(F)(F)F)cc1)N(Cc1ccccn1)Cc1ccco1. The van der Waals surface area contributed by atoms with Crippen molar-refractivity contribution in [3.8, 4) is 0 Å². The van der Waals surface area contributed by atoms with Crippen molar-refractivity contribution in [1.29, 1.82) is 0 Å². The summed E-state index contributed by atoms with van der Waals surface area (Å²) in [4.78, 5) is 18.3. The molecule has 0 fully saturated rings. The standard InChI is InChI=1S/C19H16F3N3O2/c20-19(21,22)14-6-8-15(9-7-14)24-18(26)25(13-17-5-3-11-27-17)12-16-4-1-2-10-23-16/h1-11H,12-13H2,(H,24,26). The highest BCUT2D eigenvalue weighted by Crippen LogP contribution is 2.29. The van der Waals surface area contributed by atoms with E-state index < -0.39 is 17.8 Å². The third-order valence-electron chi connectivity index (χ3n) is 3.76. The van der Waals surface area contributed by atoms with E-state index in [-0.39, 0.29) is 18.8 Å². The van der Waals surface area contributed by atoms with Crippen molar-refractivity contribution in [3.05, 3.63) is 84.1 Å². The van der Waals surface area contributed by atoms with Gasteiger partial charge in [-0.25, -0.2) is 4.79 Å². The lowest BCUT2D eigenvalue weighted by Crippen LogP contribution is -2.34. The molecule has 0 aliphatic carbocycles. The van der Waals surface area contributed by atoms with E-state index in [1.807, 2.05) is 0 Å². The number of aromatic nitrogens is 1. The number of rotatable bonds is 5. The fraction of sp³-hybridized carbons (Fsp3) is 0.158. The molecule has 0 aliphatic heterocycles. The van der Waals surface area contributed by atoms with Crippen LogP contribution in [-0.4, -0.2) is 15.9 Å². The van der Waals surface area contributed by atoms with Gasteiger partial charge in [0.1, 0.15) is 5.76 Å². The largest absolute Gasteiger partial charge is 0.467 e. The lowest BCUT2D eigenvalue weighted by Gasteiger charge is -2.22. The molecule has 0 aliphatic rings. The smallest absolute Gasteiger partial charge is 0.416 e. The van der Waals surface area contributed by atoms with Crippen molar-refractivity contribution in [2.75, 3.05) is 5.32 Å². The van der Waals surface area contributed by atoms with Crippen LogP contribution in [0.3, 0.4) is 0 Å². The quantitative estimate of drug-likeness (QED) is 0.688. The monoisotopic (exact) mass is 375 g/mol. The fourth-order valence-corrected chi connectivity index (χ4v) is 2.42. The van der Waals surface area contributed by atoms with Gasteiger partial charge in [0.25, 0.3) is 0 Å². The third kappa shape index (κ3) is 5.10. The van der Waals surface area contributed by atoms with Crippen molar-refractivity contribution in [2.24, 2.45) is 0 Å². The van der Waals surface area contributed by atoms with Gasteiger partial charge < -0.3 is 14.6 Å². The Morgan fingerprint density at radius 2 is 1.81 bits per heavy atom. The summed E-state index contributed by atoms with van der Waals surface area (Å²) in [6, 6.07) is 12.6. The maximum absolute atomic E-state index is 12.7. The number of hydrogen-bond acceptors (Lipinski definition) is 3. The predicted molar refractivity (Wildman–Crippen MR) is 92.7 cm³/mol. The molecular weight excluding hydrogens is 359 g/mol. The number of carbonyl (C=O) groups excluding carboxylic acids is 1. The maximum Gasteiger partial charge on any atom is 0.416 e. The summed E-state index contributed by atoms with van der Waals surface area (Å²) in [5, 5.41) is 2.60. The molecule has 0 unspecified atom stereocenters. The Hall–Kier alpha value is -3.29. The number of nitrogens with one attached hydrogen (secondary N) is 1. The van der Waals surface area contributed by atoms with Crippen molar-refractivity contribution < 1.29 is 22.4 Å². The highest BCUT2D eigenvalue weighted by molar-refractivity contribution is 5.89. The molecule has 0 atom stereocenters. The van der Waals surface area contributed by atoms with Gasteiger partial charge in [-0.3, -0.25) is 4.98 Å². The molecule has 27 heavy (non-hydrogen) atoms. The first-order valence-corrected chi connectivity index (χ1v) is 8.07. The minimum absolute atomic E-state index is 0.191. The van der Waals surface area contributed by atoms with Crippen LogP contribution < -0.4 is 5.32 Å². The number of carbonyl (C=O) groups is 1. The normalized spacial score (nSPS) is 11.2. The molecule has 2 aromatic heterocycles. The van der Waals surface area contributed by atoms with Gasteiger partial charge in [0.2, 0.25) is 0 Å². The van der Waals surface area contributed by atoms with Crippen LogP contribution in [0.15, 0.2) is 71.5 Å². The molecular formula is C19H16F3N3O2. The molecule has 3 rings (SSSR count). The van der Waals surface area contributed by atoms with E-state index >= 15 is 0 Å². The summed E-state index contributed by atoms with van der Waals surface area (Å²) in [6.45, 7) is 0.407. The second kappa shape index (κ2) is 7.94. The third-order valence-corrected chi connectivity index (χ3v) is 3.76. The summed E-state index contributed by atoms with van der Waals surface area (Å²) in [7, 11) is 0. The van der Waals surface area contributed by atoms with E-state index in [1.165, 1.54) is 23.3 Å². The lowest BCUT2D eigenvalue weighted by atomic mass is 10.2. The van der Waals surface area contributed by atoms with Crippen LogP contribution in [0.4, 0.5) is 23.7 Å². The molecule has 1 aromatic carbocycles. The summed E-state index contributed by atoms with van der Waals surface area (Å²) >= 11 is 0. The van der Waals surface area contributed by atoms with Gasteiger partial charge in [0, 0.05) is 11.9 Å². The van der Waals surface area contributed by atoms with Gasteiger partial charge in [-0.05, 0) is 48.5 Å². The van der Waals surface area contributed by atoms with E-state index in [1.54, 1.807) is 36.5 Å². The first-order valence-electron chi connectivity index (χ1n) is 8.07. The average molecular weight is 375 g/mol. The zero-order valence-corrected chi connectivity index (χ0v) is 14.1. The van der Waals surface area contributed by atoms with Gasteiger partial charge in [-0.2, -0.15) is 13.2 Å². The molecule has 0 saturated heterocycles. The number of amides is 2. The number of pyridine rings is 1. The highest BCUT2D eigenvalue weighted by atomic mass is 19.4. The Morgan fingerprint density at radius 1 is 1.04 bits per heavy atom. The van der Waals surface area contributed by atoms with Crippen LogP contribution in [0, 0.1) is 0 Å². The van der Waals surface area contributed by atoms with Crippen LogP contribution in [0.1, 0.15) is 17.0 Å². The predicted octanol–water partition coefficient (Wildman–Crippen LogP) is 4.93. The van der Waals surface area contributed by atoms with Crippen LogP contribution in [0.25, 0.3) is 0 Å². The van der Waals surface area contributed by atoms with E-state index in [0.29, 0.717) is 11.5 Å². The first-order chi connectivity index (χ1) is 12.9. The molecule has 0 saturated carbocycles. The summed E-state index contributed by atoms with van der Waals surface area (Å²) in [6.07, 6.45) is -1.30. The topological polar surface area (TPSA) is 58.4 Å². The van der Waals surface area contributed by atoms with Gasteiger partial charge in [0.15, 0.2) is 0 Å². The summed E-state index contributed by atoms with van der Waals surface area (Å²) < 4.78 is 43.2. The average Bonchev–Trinajstić information content (AvgIpc) is 3.15. The second-order valence-corrected chi connectivity index (χ2v) is 5.76. The molecule has 5 nitrogen and oxygen atoms in total. The molecule has 0 radical (unpaired) electrons. The zero-order chi connectivity index (χ0) is 19.3. The molecule has 1 N–H and O–H groups in total. The summed E-state index contributed by atoms with van der Waals surface area (Å²) in [5.41, 5.74) is 0.159. The number of furan rings is 1. The Kier molecular flexibility index (Phi) is 5.44. The Bertz CT molecular complexity index is 863. The van der Waals surface area contributed by atoms with E-state index in [9.17, 15) is 18.0 Å². The van der Waals surface area contributed by atoms with Gasteiger partial charge >= 0.3 is 12.2 Å². The zero-order valence-electron chi connectivity index (χ0n) is 14.1. The first kappa shape index (κ1) is 18.5. The highest BCUT2D eigenvalue weighted by Gasteiger charge is 2.30. The van der Waals surface area contributed by atoms with E-state index in [0.717, 1.165) is 12.1 Å². The molecule has 3 aromatic rings. The van der Waals surface area contributed by atoms with Crippen LogP contribution in [-0.2, 0) is 19.3 Å². The van der Waals surface area contributed by atoms with Crippen LogP contribution >= 0.6 is 0 Å². The molecule has 0 spiro atoms. The fourth-order valence-electron chi connectivity index (χ4n) is 2.42. The van der Waals surface area contributed by atoms with Gasteiger partial charge in [0.05, 0.1) is 30.6 Å². The summed E-state index contributed by atoms with van der Waals surface area (Å²) in [5.74, 6) is 0.577. The number of benzene rings is 1. The van der Waals surface area contributed by atoms with Crippen molar-refractivity contribution >= 4 is 11.7 Å². The van der Waals surface area contributed by atoms with E-state index in [2.05, 4.69) is 10.3 Å². The molecule has 140 valence electrons. The number of alkyl halides is 3.